The van der Waals surface area contributed by atoms with Crippen LogP contribution in [-0.4, -0.2) is 18.0 Å². The van der Waals surface area contributed by atoms with Crippen molar-refractivity contribution in [2.24, 2.45) is 5.73 Å². The van der Waals surface area contributed by atoms with Crippen molar-refractivity contribution in [3.8, 4) is 0 Å². The van der Waals surface area contributed by atoms with Crippen LogP contribution in [0.15, 0.2) is 22.7 Å². The summed E-state index contributed by atoms with van der Waals surface area (Å²) in [6.45, 7) is 4.84. The molecule has 110 valence electrons. The largest absolute Gasteiger partial charge is 0.444 e. The summed E-state index contributed by atoms with van der Waals surface area (Å²) in [6.07, 6.45) is -0.165. The van der Waals surface area contributed by atoms with Crippen molar-refractivity contribution >= 4 is 28.3 Å². The number of ether oxygens (including phenoxy) is 1. The van der Waals surface area contributed by atoms with E-state index in [2.05, 4.69) is 15.9 Å². The van der Waals surface area contributed by atoms with Gasteiger partial charge in [0, 0.05) is 16.5 Å². The lowest BCUT2D eigenvalue weighted by Gasteiger charge is -2.33. The highest BCUT2D eigenvalue weighted by atomic mass is 79.9. The lowest BCUT2D eigenvalue weighted by atomic mass is 9.75. The van der Waals surface area contributed by atoms with Gasteiger partial charge in [0.05, 0.1) is 5.41 Å². The first-order valence-electron chi connectivity index (χ1n) is 6.00. The molecule has 0 fully saturated rings. The fraction of sp³-hybridized carbons (Fsp3) is 0.429. The molecule has 0 saturated heterocycles. The Morgan fingerprint density at radius 3 is 2.55 bits per heavy atom. The van der Waals surface area contributed by atoms with Crippen molar-refractivity contribution < 1.29 is 18.7 Å². The van der Waals surface area contributed by atoms with Crippen molar-refractivity contribution in [1.82, 2.24) is 0 Å². The Hall–Kier alpha value is -1.43. The van der Waals surface area contributed by atoms with E-state index in [1.165, 1.54) is 6.07 Å². The van der Waals surface area contributed by atoms with E-state index < -0.39 is 22.9 Å². The molecule has 2 N–H and O–H groups in total. The Balaban J connectivity index is 3.17. The molecule has 0 spiro atoms. The van der Waals surface area contributed by atoms with Crippen molar-refractivity contribution in [2.45, 2.75) is 38.2 Å². The van der Waals surface area contributed by atoms with Gasteiger partial charge in [-0.1, -0.05) is 15.9 Å². The molecule has 1 rings (SSSR count). The molecule has 1 unspecified atom stereocenters. The quantitative estimate of drug-likeness (QED) is 0.832. The maximum Gasteiger partial charge on any atom is 0.405 e. The minimum atomic E-state index is -1.13. The van der Waals surface area contributed by atoms with Gasteiger partial charge in [-0.15, -0.1) is 0 Å². The van der Waals surface area contributed by atoms with E-state index >= 15 is 0 Å². The molecule has 1 aromatic carbocycles. The summed E-state index contributed by atoms with van der Waals surface area (Å²) in [5, 5.41) is 0. The van der Waals surface area contributed by atoms with Crippen molar-refractivity contribution in [2.75, 3.05) is 0 Å². The van der Waals surface area contributed by atoms with Gasteiger partial charge < -0.3 is 15.3 Å². The number of amides is 1. The zero-order valence-electron chi connectivity index (χ0n) is 11.6. The van der Waals surface area contributed by atoms with Crippen LogP contribution in [0.3, 0.4) is 0 Å². The van der Waals surface area contributed by atoms with Gasteiger partial charge >= 0.3 is 6.09 Å². The van der Waals surface area contributed by atoms with Gasteiger partial charge in [0.15, 0.2) is 0 Å². The Morgan fingerprint density at radius 2 is 2.05 bits per heavy atom. The van der Waals surface area contributed by atoms with E-state index in [9.17, 15) is 14.0 Å². The summed E-state index contributed by atoms with van der Waals surface area (Å²) < 4.78 is 19.6. The van der Waals surface area contributed by atoms with E-state index in [0.29, 0.717) is 10.8 Å². The number of rotatable bonds is 5. The van der Waals surface area contributed by atoms with E-state index in [4.69, 9.17) is 10.5 Å². The molecule has 0 aliphatic rings. The third kappa shape index (κ3) is 4.03. The first-order valence-corrected chi connectivity index (χ1v) is 6.79. The highest BCUT2D eigenvalue weighted by Gasteiger charge is 2.37. The third-order valence-electron chi connectivity index (χ3n) is 2.97. The molecule has 6 heteroatoms. The summed E-state index contributed by atoms with van der Waals surface area (Å²) in [5.41, 5.74) is 3.12. The molecule has 0 aliphatic heterocycles. The first-order chi connectivity index (χ1) is 9.09. The van der Waals surface area contributed by atoms with Crippen LogP contribution in [0.2, 0.25) is 0 Å². The molecular weight excluding hydrogens is 329 g/mol. The fourth-order valence-corrected chi connectivity index (χ4v) is 2.69. The molecule has 20 heavy (non-hydrogen) atoms. The van der Waals surface area contributed by atoms with Crippen LogP contribution in [0.4, 0.5) is 9.18 Å². The number of carbonyl (C=O) groups is 2. The van der Waals surface area contributed by atoms with E-state index in [1.54, 1.807) is 32.9 Å². The number of aldehydes is 1. The van der Waals surface area contributed by atoms with Gasteiger partial charge in [0.1, 0.15) is 17.7 Å². The maximum absolute atomic E-state index is 14.0. The molecule has 0 radical (unpaired) electrons. The highest BCUT2D eigenvalue weighted by Crippen LogP contribution is 2.35. The monoisotopic (exact) mass is 345 g/mol. The van der Waals surface area contributed by atoms with Gasteiger partial charge in [0.25, 0.3) is 0 Å². The van der Waals surface area contributed by atoms with Gasteiger partial charge in [-0.05, 0) is 39.0 Å². The molecule has 0 bridgehead atoms. The number of carbonyl (C=O) groups excluding carboxylic acids is 2. The number of nitrogens with two attached hydrogens (primary N) is 1. The van der Waals surface area contributed by atoms with Gasteiger partial charge in [-0.2, -0.15) is 0 Å². The van der Waals surface area contributed by atoms with Crippen LogP contribution in [0.25, 0.3) is 0 Å². The minimum Gasteiger partial charge on any atom is -0.444 e. The van der Waals surface area contributed by atoms with Crippen LogP contribution < -0.4 is 5.73 Å². The molecule has 0 aliphatic carbocycles. The van der Waals surface area contributed by atoms with Crippen LogP contribution in [0.1, 0.15) is 32.8 Å². The number of hydrogen-bond donors (Lipinski definition) is 1. The third-order valence-corrected chi connectivity index (χ3v) is 3.47. The maximum atomic E-state index is 14.0. The number of hydrogen-bond acceptors (Lipinski definition) is 3. The number of primary amides is 1. The predicted molar refractivity (Wildman–Crippen MR) is 76.9 cm³/mol. The van der Waals surface area contributed by atoms with Gasteiger partial charge in [-0.3, -0.25) is 0 Å². The number of halogens is 2. The Labute approximate surface area is 125 Å². The smallest absolute Gasteiger partial charge is 0.405 e. The second kappa shape index (κ2) is 5.91. The summed E-state index contributed by atoms with van der Waals surface area (Å²) in [5.74, 6) is -0.488. The molecular formula is C14H17BrFNO3. The van der Waals surface area contributed by atoms with Gasteiger partial charge in [-0.25, -0.2) is 9.18 Å². The molecule has 0 aromatic heterocycles. The standard InChI is InChI=1S/C14H17BrFNO3/c1-13(2,20-12(17)19)7-14(3,8-18)10-6-9(15)4-5-11(10)16/h4-6,8H,7H2,1-3H3,(H2,17,19). The summed E-state index contributed by atoms with van der Waals surface area (Å²) >= 11 is 3.25. The SMILES string of the molecule is CC(C)(CC(C)(C=O)c1cc(Br)ccc1F)OC(N)=O. The minimum absolute atomic E-state index is 0.111. The Kier molecular flexibility index (Phi) is 4.91. The lowest BCUT2D eigenvalue weighted by Crippen LogP contribution is -2.40. The molecule has 0 heterocycles. The predicted octanol–water partition coefficient (Wildman–Crippen LogP) is 3.31. The average molecular weight is 346 g/mol. The topological polar surface area (TPSA) is 69.4 Å². The molecule has 1 amide bonds. The average Bonchev–Trinajstić information content (AvgIpc) is 2.29. The van der Waals surface area contributed by atoms with Crippen molar-refractivity contribution in [3.63, 3.8) is 0 Å². The Morgan fingerprint density at radius 1 is 1.45 bits per heavy atom. The summed E-state index contributed by atoms with van der Waals surface area (Å²) in [4.78, 5) is 22.4. The number of benzene rings is 1. The molecule has 0 saturated carbocycles. The summed E-state index contributed by atoms with van der Waals surface area (Å²) in [6, 6.07) is 4.38. The highest BCUT2D eigenvalue weighted by molar-refractivity contribution is 9.10. The second-order valence-corrected chi connectivity index (χ2v) is 6.43. The van der Waals surface area contributed by atoms with Crippen molar-refractivity contribution in [1.29, 1.82) is 0 Å². The lowest BCUT2D eigenvalue weighted by molar-refractivity contribution is -0.114. The van der Waals surface area contributed by atoms with E-state index in [1.807, 2.05) is 0 Å². The normalized spacial score (nSPS) is 14.4. The van der Waals surface area contributed by atoms with E-state index in [0.717, 1.165) is 0 Å². The van der Waals surface area contributed by atoms with Crippen LogP contribution in [-0.2, 0) is 14.9 Å². The zero-order valence-corrected chi connectivity index (χ0v) is 13.2. The zero-order chi connectivity index (χ0) is 15.6. The fourth-order valence-electron chi connectivity index (χ4n) is 2.33. The summed E-state index contributed by atoms with van der Waals surface area (Å²) in [7, 11) is 0. The first kappa shape index (κ1) is 16.6. The van der Waals surface area contributed by atoms with E-state index in [-0.39, 0.29) is 12.0 Å². The molecule has 1 atom stereocenters. The molecule has 4 nitrogen and oxygen atoms in total. The van der Waals surface area contributed by atoms with Crippen LogP contribution in [0, 0.1) is 5.82 Å². The Bertz CT molecular complexity index is 533. The van der Waals surface area contributed by atoms with Crippen LogP contribution in [0.5, 0.6) is 0 Å². The van der Waals surface area contributed by atoms with Crippen molar-refractivity contribution in [3.05, 3.63) is 34.1 Å². The van der Waals surface area contributed by atoms with Crippen LogP contribution >= 0.6 is 15.9 Å². The second-order valence-electron chi connectivity index (χ2n) is 5.52. The molecule has 1 aromatic rings. The van der Waals surface area contributed by atoms with Gasteiger partial charge in [0.2, 0.25) is 0 Å².